The molecule has 0 bridgehead atoms. The van der Waals surface area contributed by atoms with Gasteiger partial charge in [0, 0.05) is 13.2 Å². The van der Waals surface area contributed by atoms with E-state index in [9.17, 15) is 0 Å². The van der Waals surface area contributed by atoms with Crippen LogP contribution >= 0.6 is 0 Å². The molecular weight excluding hydrogens is 150 g/mol. The van der Waals surface area contributed by atoms with Gasteiger partial charge in [-0.1, -0.05) is 0 Å². The van der Waals surface area contributed by atoms with E-state index in [1.165, 1.54) is 18.7 Å². The first-order valence-electron chi connectivity index (χ1n) is 4.52. The van der Waals surface area contributed by atoms with E-state index in [2.05, 4.69) is 16.5 Å². The molecule has 0 spiro atoms. The summed E-state index contributed by atoms with van der Waals surface area (Å²) in [5.74, 6) is 0.805. The molecule has 0 saturated carbocycles. The molecule has 0 amide bonds. The van der Waals surface area contributed by atoms with E-state index >= 15 is 0 Å². The molecule has 1 saturated heterocycles. The van der Waals surface area contributed by atoms with Gasteiger partial charge in [0.25, 0.3) is 0 Å². The van der Waals surface area contributed by atoms with E-state index in [0.717, 1.165) is 18.9 Å². The maximum Gasteiger partial charge on any atom is 0.0946 e. The monoisotopic (exact) mass is 165 g/mol. The van der Waals surface area contributed by atoms with Crippen molar-refractivity contribution in [1.82, 2.24) is 14.9 Å². The topological polar surface area (TPSA) is 29.9 Å². The minimum atomic E-state index is 0.805. The van der Waals surface area contributed by atoms with Crippen molar-refractivity contribution in [1.29, 1.82) is 0 Å². The lowest BCUT2D eigenvalue weighted by Gasteiger charge is -2.03. The lowest BCUT2D eigenvalue weighted by molar-refractivity contribution is 0.573. The van der Waals surface area contributed by atoms with Crippen LogP contribution in [-0.2, 0) is 13.5 Å². The van der Waals surface area contributed by atoms with Gasteiger partial charge >= 0.3 is 0 Å². The van der Waals surface area contributed by atoms with Crippen LogP contribution in [0, 0.1) is 5.92 Å². The molecule has 1 atom stereocenters. The lowest BCUT2D eigenvalue weighted by atomic mass is 10.0. The molecule has 1 fully saturated rings. The zero-order chi connectivity index (χ0) is 8.39. The van der Waals surface area contributed by atoms with E-state index in [1.807, 2.05) is 17.9 Å². The van der Waals surface area contributed by atoms with Gasteiger partial charge in [-0.05, 0) is 31.8 Å². The average Bonchev–Trinajstić information content (AvgIpc) is 2.63. The normalized spacial score (nSPS) is 23.2. The van der Waals surface area contributed by atoms with Gasteiger partial charge in [0.1, 0.15) is 0 Å². The third-order valence-electron chi connectivity index (χ3n) is 2.42. The molecule has 1 aromatic heterocycles. The molecule has 1 N–H and O–H groups in total. The molecule has 66 valence electrons. The summed E-state index contributed by atoms with van der Waals surface area (Å²) in [7, 11) is 2.02. The molecule has 0 aliphatic carbocycles. The van der Waals surface area contributed by atoms with Crippen LogP contribution in [0.25, 0.3) is 0 Å². The average molecular weight is 165 g/mol. The summed E-state index contributed by atoms with van der Waals surface area (Å²) < 4.78 is 2.01. The van der Waals surface area contributed by atoms with Crippen LogP contribution < -0.4 is 5.32 Å². The third kappa shape index (κ3) is 1.67. The van der Waals surface area contributed by atoms with Crippen LogP contribution in [-0.4, -0.2) is 22.6 Å². The van der Waals surface area contributed by atoms with Gasteiger partial charge in [-0.2, -0.15) is 0 Å². The van der Waals surface area contributed by atoms with Gasteiger partial charge in [-0.25, -0.2) is 4.98 Å². The van der Waals surface area contributed by atoms with E-state index in [-0.39, 0.29) is 0 Å². The van der Waals surface area contributed by atoms with Crippen LogP contribution in [0.3, 0.4) is 0 Å². The molecule has 2 heterocycles. The van der Waals surface area contributed by atoms with Crippen LogP contribution in [0.15, 0.2) is 12.5 Å². The minimum absolute atomic E-state index is 0.805. The van der Waals surface area contributed by atoms with Crippen LogP contribution in [0.5, 0.6) is 0 Å². The fourth-order valence-electron chi connectivity index (χ4n) is 1.76. The van der Waals surface area contributed by atoms with Crippen molar-refractivity contribution >= 4 is 0 Å². The Balaban J connectivity index is 1.94. The Hall–Kier alpha value is -0.830. The quantitative estimate of drug-likeness (QED) is 0.694. The van der Waals surface area contributed by atoms with Crippen LogP contribution in [0.4, 0.5) is 0 Å². The van der Waals surface area contributed by atoms with Crippen LogP contribution in [0.1, 0.15) is 12.1 Å². The Bertz CT molecular complexity index is 248. The van der Waals surface area contributed by atoms with Gasteiger partial charge in [-0.15, -0.1) is 0 Å². The fraction of sp³-hybridized carbons (Fsp3) is 0.667. The maximum atomic E-state index is 4.31. The predicted octanol–water partition coefficient (Wildman–Crippen LogP) is 0.572. The number of nitrogens with one attached hydrogen (secondary N) is 1. The van der Waals surface area contributed by atoms with Crippen molar-refractivity contribution in [2.24, 2.45) is 13.0 Å². The molecule has 1 unspecified atom stereocenters. The Labute approximate surface area is 72.8 Å². The first-order valence-corrected chi connectivity index (χ1v) is 4.52. The lowest BCUT2D eigenvalue weighted by Crippen LogP contribution is -2.10. The minimum Gasteiger partial charge on any atom is -0.340 e. The van der Waals surface area contributed by atoms with Crippen LogP contribution in [0.2, 0.25) is 0 Å². The summed E-state index contributed by atoms with van der Waals surface area (Å²) in [6, 6.07) is 0. The summed E-state index contributed by atoms with van der Waals surface area (Å²) in [4.78, 5) is 4.31. The van der Waals surface area contributed by atoms with Crippen molar-refractivity contribution in [3.8, 4) is 0 Å². The first kappa shape index (κ1) is 7.80. The van der Waals surface area contributed by atoms with Crippen molar-refractivity contribution in [3.63, 3.8) is 0 Å². The first-order chi connectivity index (χ1) is 5.84. The third-order valence-corrected chi connectivity index (χ3v) is 2.42. The van der Waals surface area contributed by atoms with Crippen molar-refractivity contribution in [2.75, 3.05) is 13.1 Å². The van der Waals surface area contributed by atoms with Crippen molar-refractivity contribution in [2.45, 2.75) is 12.8 Å². The SMILES string of the molecule is Cn1cnc(CC2CCNC2)c1. The standard InChI is InChI=1S/C9H15N3/c1-12-6-9(11-7-12)4-8-2-3-10-5-8/h6-8,10H,2-5H2,1H3. The van der Waals surface area contributed by atoms with Gasteiger partial charge in [0.2, 0.25) is 0 Å². The molecular formula is C9H15N3. The number of aromatic nitrogens is 2. The molecule has 2 rings (SSSR count). The molecule has 1 aliphatic rings. The Morgan fingerprint density at radius 3 is 3.25 bits per heavy atom. The summed E-state index contributed by atoms with van der Waals surface area (Å²) in [5.41, 5.74) is 1.23. The Kier molecular flexibility index (Phi) is 2.13. The largest absolute Gasteiger partial charge is 0.340 e. The second kappa shape index (κ2) is 3.27. The van der Waals surface area contributed by atoms with Crippen molar-refractivity contribution in [3.05, 3.63) is 18.2 Å². The van der Waals surface area contributed by atoms with E-state index < -0.39 is 0 Å². The zero-order valence-corrected chi connectivity index (χ0v) is 7.45. The number of rotatable bonds is 2. The highest BCUT2D eigenvalue weighted by Gasteiger charge is 2.15. The number of hydrogen-bond acceptors (Lipinski definition) is 2. The fourth-order valence-corrected chi connectivity index (χ4v) is 1.76. The summed E-state index contributed by atoms with van der Waals surface area (Å²) in [5, 5.41) is 3.36. The second-order valence-corrected chi connectivity index (χ2v) is 3.59. The van der Waals surface area contributed by atoms with Gasteiger partial charge < -0.3 is 9.88 Å². The number of nitrogens with zero attached hydrogens (tertiary/aromatic N) is 2. The highest BCUT2D eigenvalue weighted by molar-refractivity contribution is 4.98. The van der Waals surface area contributed by atoms with Gasteiger partial charge in [0.05, 0.1) is 12.0 Å². The molecule has 0 aromatic carbocycles. The molecule has 3 nitrogen and oxygen atoms in total. The van der Waals surface area contributed by atoms with Crippen molar-refractivity contribution < 1.29 is 0 Å². The van der Waals surface area contributed by atoms with E-state index in [4.69, 9.17) is 0 Å². The number of hydrogen-bond donors (Lipinski definition) is 1. The number of aryl methyl sites for hydroxylation is 1. The van der Waals surface area contributed by atoms with E-state index in [1.54, 1.807) is 0 Å². The Morgan fingerprint density at radius 2 is 2.67 bits per heavy atom. The molecule has 12 heavy (non-hydrogen) atoms. The van der Waals surface area contributed by atoms with Gasteiger partial charge in [0.15, 0.2) is 0 Å². The summed E-state index contributed by atoms with van der Waals surface area (Å²) in [6.07, 6.45) is 6.42. The summed E-state index contributed by atoms with van der Waals surface area (Å²) in [6.45, 7) is 2.34. The highest BCUT2D eigenvalue weighted by atomic mass is 15.0. The molecule has 1 aliphatic heterocycles. The maximum absolute atomic E-state index is 4.31. The molecule has 0 radical (unpaired) electrons. The summed E-state index contributed by atoms with van der Waals surface area (Å²) >= 11 is 0. The van der Waals surface area contributed by atoms with Gasteiger partial charge in [-0.3, -0.25) is 0 Å². The molecule has 3 heteroatoms. The predicted molar refractivity (Wildman–Crippen MR) is 47.9 cm³/mol. The highest BCUT2D eigenvalue weighted by Crippen LogP contribution is 2.13. The number of imidazole rings is 1. The second-order valence-electron chi connectivity index (χ2n) is 3.59. The zero-order valence-electron chi connectivity index (χ0n) is 7.45. The molecule has 1 aromatic rings. The smallest absolute Gasteiger partial charge is 0.0946 e. The Morgan fingerprint density at radius 1 is 1.75 bits per heavy atom. The van der Waals surface area contributed by atoms with E-state index in [0.29, 0.717) is 0 Å².